The molecule has 1 unspecified atom stereocenters. The average molecular weight is 393 g/mol. The Hall–Kier alpha value is -3.55. The summed E-state index contributed by atoms with van der Waals surface area (Å²) in [5, 5.41) is 13.9. The minimum Gasteiger partial charge on any atom is -0.466 e. The van der Waals surface area contributed by atoms with E-state index in [2.05, 4.69) is 20.8 Å². The summed E-state index contributed by atoms with van der Waals surface area (Å²) in [6, 6.07) is 17.1. The fourth-order valence-corrected chi connectivity index (χ4v) is 2.93. The third-order valence-corrected chi connectivity index (χ3v) is 4.41. The van der Waals surface area contributed by atoms with E-state index in [0.29, 0.717) is 13.0 Å². The van der Waals surface area contributed by atoms with Crippen molar-refractivity contribution in [3.8, 4) is 5.69 Å². The first kappa shape index (κ1) is 20.2. The normalized spacial score (nSPS) is 11.6. The second-order valence-electron chi connectivity index (χ2n) is 6.54. The second kappa shape index (κ2) is 10.1. The van der Waals surface area contributed by atoms with E-state index in [-0.39, 0.29) is 24.8 Å². The largest absolute Gasteiger partial charge is 0.466 e. The number of hydrogen-bond acceptors (Lipinski definition) is 6. The third kappa shape index (κ3) is 5.97. The number of tetrazole rings is 1. The van der Waals surface area contributed by atoms with E-state index >= 15 is 0 Å². The SMILES string of the molecule is CCOC(=O)C(CNC(=O)Cc1ccc(-n2cnnn2)cc1)Cc1ccccc1. The monoisotopic (exact) mass is 393 g/mol. The smallest absolute Gasteiger partial charge is 0.311 e. The Bertz CT molecular complexity index is 911. The predicted molar refractivity (Wildman–Crippen MR) is 106 cm³/mol. The van der Waals surface area contributed by atoms with E-state index in [0.717, 1.165) is 16.8 Å². The van der Waals surface area contributed by atoms with Crippen molar-refractivity contribution in [2.45, 2.75) is 19.8 Å². The van der Waals surface area contributed by atoms with E-state index in [1.165, 1.54) is 11.0 Å². The lowest BCUT2D eigenvalue weighted by Gasteiger charge is -2.16. The zero-order valence-corrected chi connectivity index (χ0v) is 16.2. The van der Waals surface area contributed by atoms with Crippen molar-refractivity contribution in [2.75, 3.05) is 13.2 Å². The Morgan fingerprint density at radius 2 is 1.83 bits per heavy atom. The highest BCUT2D eigenvalue weighted by molar-refractivity contribution is 5.80. The molecule has 0 saturated carbocycles. The number of rotatable bonds is 9. The molecule has 3 aromatic rings. The van der Waals surface area contributed by atoms with Crippen molar-refractivity contribution in [2.24, 2.45) is 5.92 Å². The van der Waals surface area contributed by atoms with Gasteiger partial charge in [0.2, 0.25) is 5.91 Å². The van der Waals surface area contributed by atoms with Gasteiger partial charge in [0.15, 0.2) is 0 Å². The fourth-order valence-electron chi connectivity index (χ4n) is 2.93. The van der Waals surface area contributed by atoms with E-state index in [9.17, 15) is 9.59 Å². The summed E-state index contributed by atoms with van der Waals surface area (Å²) in [7, 11) is 0. The summed E-state index contributed by atoms with van der Waals surface area (Å²) < 4.78 is 6.71. The van der Waals surface area contributed by atoms with Crippen LogP contribution in [-0.2, 0) is 27.2 Å². The first-order chi connectivity index (χ1) is 14.2. The van der Waals surface area contributed by atoms with E-state index in [1.807, 2.05) is 54.6 Å². The molecule has 29 heavy (non-hydrogen) atoms. The predicted octanol–water partition coefficient (Wildman–Crippen LogP) is 1.74. The lowest BCUT2D eigenvalue weighted by Crippen LogP contribution is -2.35. The summed E-state index contributed by atoms with van der Waals surface area (Å²) in [5.74, 6) is -0.881. The zero-order valence-electron chi connectivity index (χ0n) is 16.2. The zero-order chi connectivity index (χ0) is 20.5. The Kier molecular flexibility index (Phi) is 7.05. The maximum absolute atomic E-state index is 12.4. The van der Waals surface area contributed by atoms with Crippen molar-refractivity contribution in [3.63, 3.8) is 0 Å². The van der Waals surface area contributed by atoms with Gasteiger partial charge in [-0.25, -0.2) is 4.68 Å². The van der Waals surface area contributed by atoms with Gasteiger partial charge in [0.25, 0.3) is 0 Å². The van der Waals surface area contributed by atoms with Crippen molar-refractivity contribution >= 4 is 11.9 Å². The number of ether oxygens (including phenoxy) is 1. The molecule has 1 atom stereocenters. The molecule has 0 radical (unpaired) electrons. The molecule has 1 amide bonds. The maximum Gasteiger partial charge on any atom is 0.311 e. The van der Waals surface area contributed by atoms with Gasteiger partial charge in [0, 0.05) is 6.54 Å². The first-order valence-electron chi connectivity index (χ1n) is 9.45. The molecule has 0 bridgehead atoms. The number of nitrogens with zero attached hydrogens (tertiary/aromatic N) is 4. The quantitative estimate of drug-likeness (QED) is 0.556. The van der Waals surface area contributed by atoms with Gasteiger partial charge in [-0.1, -0.05) is 42.5 Å². The van der Waals surface area contributed by atoms with Crippen LogP contribution in [0.2, 0.25) is 0 Å². The van der Waals surface area contributed by atoms with Gasteiger partial charge >= 0.3 is 5.97 Å². The van der Waals surface area contributed by atoms with Crippen LogP contribution >= 0.6 is 0 Å². The Labute approximate surface area is 168 Å². The number of amides is 1. The molecule has 8 heteroatoms. The summed E-state index contributed by atoms with van der Waals surface area (Å²) in [6.45, 7) is 2.32. The van der Waals surface area contributed by atoms with Gasteiger partial charge in [-0.15, -0.1) is 5.10 Å². The molecule has 1 aromatic heterocycles. The van der Waals surface area contributed by atoms with Gasteiger partial charge in [0.05, 0.1) is 24.6 Å². The molecule has 0 saturated heterocycles. The Morgan fingerprint density at radius 3 is 2.48 bits per heavy atom. The summed E-state index contributed by atoms with van der Waals surface area (Å²) >= 11 is 0. The number of hydrogen-bond donors (Lipinski definition) is 1. The first-order valence-corrected chi connectivity index (χ1v) is 9.45. The van der Waals surface area contributed by atoms with Gasteiger partial charge in [-0.2, -0.15) is 0 Å². The van der Waals surface area contributed by atoms with Gasteiger partial charge in [-0.05, 0) is 47.0 Å². The highest BCUT2D eigenvalue weighted by Crippen LogP contribution is 2.11. The molecule has 0 aliphatic carbocycles. The third-order valence-electron chi connectivity index (χ3n) is 4.41. The number of carbonyl (C=O) groups is 2. The topological polar surface area (TPSA) is 99.0 Å². The summed E-state index contributed by atoms with van der Waals surface area (Å²) in [5.41, 5.74) is 2.69. The van der Waals surface area contributed by atoms with Crippen LogP contribution in [0.3, 0.4) is 0 Å². The lowest BCUT2D eigenvalue weighted by atomic mass is 9.99. The van der Waals surface area contributed by atoms with Gasteiger partial charge < -0.3 is 10.1 Å². The van der Waals surface area contributed by atoms with Gasteiger partial charge in [0.1, 0.15) is 6.33 Å². The van der Waals surface area contributed by atoms with Crippen LogP contribution < -0.4 is 5.32 Å². The Morgan fingerprint density at radius 1 is 1.07 bits per heavy atom. The van der Waals surface area contributed by atoms with Crippen molar-refractivity contribution < 1.29 is 14.3 Å². The van der Waals surface area contributed by atoms with E-state index < -0.39 is 5.92 Å². The van der Waals surface area contributed by atoms with Crippen LogP contribution in [0.4, 0.5) is 0 Å². The Balaban J connectivity index is 1.55. The van der Waals surface area contributed by atoms with E-state index in [1.54, 1.807) is 6.92 Å². The number of benzene rings is 2. The van der Waals surface area contributed by atoms with Crippen LogP contribution in [0.5, 0.6) is 0 Å². The average Bonchev–Trinajstić information content (AvgIpc) is 3.27. The molecule has 0 fully saturated rings. The highest BCUT2D eigenvalue weighted by atomic mass is 16.5. The van der Waals surface area contributed by atoms with Gasteiger partial charge in [-0.3, -0.25) is 9.59 Å². The number of nitrogens with one attached hydrogen (secondary N) is 1. The number of esters is 1. The molecule has 0 aliphatic rings. The molecular formula is C21H23N5O3. The molecule has 3 rings (SSSR count). The molecule has 8 nitrogen and oxygen atoms in total. The van der Waals surface area contributed by atoms with Crippen molar-refractivity contribution in [1.82, 2.24) is 25.5 Å². The van der Waals surface area contributed by atoms with Crippen LogP contribution in [-0.4, -0.2) is 45.2 Å². The molecule has 1 heterocycles. The van der Waals surface area contributed by atoms with Crippen LogP contribution in [0.1, 0.15) is 18.1 Å². The number of aromatic nitrogens is 4. The van der Waals surface area contributed by atoms with Crippen LogP contribution in [0, 0.1) is 5.92 Å². The number of carbonyl (C=O) groups excluding carboxylic acids is 2. The second-order valence-corrected chi connectivity index (χ2v) is 6.54. The minimum absolute atomic E-state index is 0.150. The fraction of sp³-hybridized carbons (Fsp3) is 0.286. The van der Waals surface area contributed by atoms with Crippen LogP contribution in [0.25, 0.3) is 5.69 Å². The molecule has 0 spiro atoms. The summed E-state index contributed by atoms with van der Waals surface area (Å²) in [4.78, 5) is 24.6. The summed E-state index contributed by atoms with van der Waals surface area (Å²) in [6.07, 6.45) is 2.24. The van der Waals surface area contributed by atoms with E-state index in [4.69, 9.17) is 4.74 Å². The van der Waals surface area contributed by atoms with Crippen molar-refractivity contribution in [3.05, 3.63) is 72.1 Å². The molecule has 150 valence electrons. The molecular weight excluding hydrogens is 370 g/mol. The van der Waals surface area contributed by atoms with Crippen molar-refractivity contribution in [1.29, 1.82) is 0 Å². The molecule has 2 aromatic carbocycles. The highest BCUT2D eigenvalue weighted by Gasteiger charge is 2.21. The molecule has 1 N–H and O–H groups in total. The maximum atomic E-state index is 12.4. The standard InChI is InChI=1S/C21H23N5O3/c1-2-29-21(28)18(12-16-6-4-3-5-7-16)14-22-20(27)13-17-8-10-19(11-9-17)26-15-23-24-25-26/h3-11,15,18H,2,12-14H2,1H3,(H,22,27). The minimum atomic E-state index is -0.427. The van der Waals surface area contributed by atoms with Crippen LogP contribution in [0.15, 0.2) is 60.9 Å². The molecule has 0 aliphatic heterocycles. The lowest BCUT2D eigenvalue weighted by molar-refractivity contribution is -0.147.